The van der Waals surface area contributed by atoms with Crippen LogP contribution in [0.5, 0.6) is 0 Å². The Balaban J connectivity index is 2.08. The molecular formula is C19H28N4O5S2. The lowest BCUT2D eigenvalue weighted by Crippen LogP contribution is -2.33. The van der Waals surface area contributed by atoms with Gasteiger partial charge < -0.3 is 15.0 Å². The fourth-order valence-corrected chi connectivity index (χ4v) is 4.30. The molecule has 30 heavy (non-hydrogen) atoms. The Labute approximate surface area is 181 Å². The molecule has 0 radical (unpaired) electrons. The Morgan fingerprint density at radius 1 is 1.33 bits per heavy atom. The summed E-state index contributed by atoms with van der Waals surface area (Å²) in [5.41, 5.74) is 0.673. The number of carbonyl (C=O) groups is 1. The summed E-state index contributed by atoms with van der Waals surface area (Å²) < 4.78 is 31.3. The van der Waals surface area contributed by atoms with Crippen LogP contribution in [0.15, 0.2) is 23.0 Å². The van der Waals surface area contributed by atoms with Crippen molar-refractivity contribution in [1.82, 2.24) is 19.2 Å². The molecule has 0 fully saturated rings. The first-order valence-corrected chi connectivity index (χ1v) is 11.9. The van der Waals surface area contributed by atoms with Gasteiger partial charge in [0, 0.05) is 45.5 Å². The summed E-state index contributed by atoms with van der Waals surface area (Å²) in [6.45, 7) is 3.80. The van der Waals surface area contributed by atoms with Gasteiger partial charge in [-0.15, -0.1) is 0 Å². The number of aromatic nitrogens is 2. The average molecular weight is 457 g/mol. The minimum absolute atomic E-state index is 0.211. The lowest BCUT2D eigenvalue weighted by atomic mass is 10.1. The molecule has 1 heterocycles. The van der Waals surface area contributed by atoms with Crippen molar-refractivity contribution in [3.05, 3.63) is 38.9 Å². The van der Waals surface area contributed by atoms with Gasteiger partial charge in [-0.25, -0.2) is 12.7 Å². The van der Waals surface area contributed by atoms with Crippen LogP contribution >= 0.6 is 12.2 Å². The minimum Gasteiger partial charge on any atom is -0.385 e. The van der Waals surface area contributed by atoms with Gasteiger partial charge in [0.15, 0.2) is 4.77 Å². The second kappa shape index (κ2) is 10.8. The molecule has 2 N–H and O–H groups in total. The van der Waals surface area contributed by atoms with Gasteiger partial charge in [0.05, 0.1) is 17.2 Å². The molecule has 2 rings (SSSR count). The summed E-state index contributed by atoms with van der Waals surface area (Å²) in [5.74, 6) is -0.303. The van der Waals surface area contributed by atoms with E-state index in [4.69, 9.17) is 17.0 Å². The maximum absolute atomic E-state index is 12.7. The maximum Gasteiger partial charge on any atom is 0.262 e. The number of nitrogens with one attached hydrogen (secondary N) is 2. The molecule has 0 spiro atoms. The van der Waals surface area contributed by atoms with E-state index in [2.05, 4.69) is 10.3 Å². The molecule has 0 saturated heterocycles. The topological polar surface area (TPSA) is 114 Å². The molecule has 0 aliphatic heterocycles. The summed E-state index contributed by atoms with van der Waals surface area (Å²) in [7, 11) is -1.64. The summed E-state index contributed by atoms with van der Waals surface area (Å²) in [6.07, 6.45) is 2.32. The SMILES string of the molecule is CCN(CCCNC(=O)c1ccc2c(=O)n(CCCOC)c(=S)[nH]c2c1)S(C)(=O)=O. The van der Waals surface area contributed by atoms with Crippen molar-refractivity contribution in [2.75, 3.05) is 39.6 Å². The monoisotopic (exact) mass is 456 g/mol. The maximum atomic E-state index is 12.7. The second-order valence-corrected chi connectivity index (χ2v) is 9.23. The molecule has 2 aromatic rings. The quantitative estimate of drug-likeness (QED) is 0.391. The molecule has 0 atom stereocenters. The summed E-state index contributed by atoms with van der Waals surface area (Å²) in [5, 5.41) is 3.22. The fraction of sp³-hybridized carbons (Fsp3) is 0.526. The molecule has 9 nitrogen and oxygen atoms in total. The van der Waals surface area contributed by atoms with Gasteiger partial charge in [-0.2, -0.15) is 0 Å². The number of ether oxygens (including phenoxy) is 1. The second-order valence-electron chi connectivity index (χ2n) is 6.86. The van der Waals surface area contributed by atoms with E-state index in [-0.39, 0.29) is 11.5 Å². The molecule has 0 bridgehead atoms. The molecule has 1 aromatic carbocycles. The highest BCUT2D eigenvalue weighted by Gasteiger charge is 2.14. The van der Waals surface area contributed by atoms with E-state index >= 15 is 0 Å². The molecule has 0 saturated carbocycles. The van der Waals surface area contributed by atoms with Gasteiger partial charge in [0.25, 0.3) is 11.5 Å². The van der Waals surface area contributed by atoms with E-state index in [1.54, 1.807) is 32.2 Å². The Morgan fingerprint density at radius 3 is 2.70 bits per heavy atom. The predicted molar refractivity (Wildman–Crippen MR) is 119 cm³/mol. The van der Waals surface area contributed by atoms with Gasteiger partial charge in [0.2, 0.25) is 10.0 Å². The first-order chi connectivity index (χ1) is 14.2. The minimum atomic E-state index is -3.24. The van der Waals surface area contributed by atoms with Crippen LogP contribution in [0.2, 0.25) is 0 Å². The van der Waals surface area contributed by atoms with Gasteiger partial charge >= 0.3 is 0 Å². The van der Waals surface area contributed by atoms with E-state index < -0.39 is 10.0 Å². The van der Waals surface area contributed by atoms with Crippen LogP contribution in [-0.4, -0.2) is 67.8 Å². The number of aromatic amines is 1. The van der Waals surface area contributed by atoms with Crippen molar-refractivity contribution in [2.24, 2.45) is 0 Å². The van der Waals surface area contributed by atoms with Crippen LogP contribution in [0.4, 0.5) is 0 Å². The van der Waals surface area contributed by atoms with E-state index in [1.807, 2.05) is 0 Å². The van der Waals surface area contributed by atoms with Crippen molar-refractivity contribution in [2.45, 2.75) is 26.3 Å². The first-order valence-electron chi connectivity index (χ1n) is 9.68. The lowest BCUT2D eigenvalue weighted by molar-refractivity contribution is 0.0953. The number of sulfonamides is 1. The fourth-order valence-electron chi connectivity index (χ4n) is 3.08. The van der Waals surface area contributed by atoms with E-state index in [1.165, 1.54) is 15.1 Å². The Morgan fingerprint density at radius 2 is 2.07 bits per heavy atom. The number of fused-ring (bicyclic) bond motifs is 1. The third-order valence-electron chi connectivity index (χ3n) is 4.67. The number of benzene rings is 1. The number of methoxy groups -OCH3 is 1. The standard InChI is InChI=1S/C19H28N4O5S2/c1-4-22(30(3,26)27)10-5-9-20-17(24)14-7-8-15-16(13-14)21-19(29)23(18(15)25)11-6-12-28-2/h7-8,13H,4-6,9-12H2,1-3H3,(H,20,24)(H,21,29). The number of carbonyl (C=O) groups excluding carboxylic acids is 1. The number of rotatable bonds is 11. The van der Waals surface area contributed by atoms with Crippen molar-refractivity contribution < 1.29 is 17.9 Å². The lowest BCUT2D eigenvalue weighted by Gasteiger charge is -2.17. The molecule has 1 amide bonds. The van der Waals surface area contributed by atoms with E-state index in [0.29, 0.717) is 66.9 Å². The van der Waals surface area contributed by atoms with E-state index in [9.17, 15) is 18.0 Å². The summed E-state index contributed by atoms with van der Waals surface area (Å²) >= 11 is 5.29. The van der Waals surface area contributed by atoms with Gasteiger partial charge in [0.1, 0.15) is 0 Å². The molecule has 0 unspecified atom stereocenters. The molecule has 166 valence electrons. The molecule has 0 aliphatic carbocycles. The van der Waals surface area contributed by atoms with Crippen LogP contribution in [0, 0.1) is 4.77 Å². The van der Waals surface area contributed by atoms with Crippen LogP contribution < -0.4 is 10.9 Å². The highest BCUT2D eigenvalue weighted by atomic mass is 32.2. The van der Waals surface area contributed by atoms with Crippen molar-refractivity contribution in [3.8, 4) is 0 Å². The molecule has 11 heteroatoms. The normalized spacial score (nSPS) is 11.9. The zero-order valence-electron chi connectivity index (χ0n) is 17.4. The first kappa shape index (κ1) is 24.2. The van der Waals surface area contributed by atoms with E-state index in [0.717, 1.165) is 0 Å². The Kier molecular flexibility index (Phi) is 8.71. The predicted octanol–water partition coefficient (Wildman–Crippen LogP) is 1.50. The van der Waals surface area contributed by atoms with Crippen LogP contribution in [0.25, 0.3) is 10.9 Å². The average Bonchev–Trinajstić information content (AvgIpc) is 2.68. The zero-order chi connectivity index (χ0) is 22.3. The zero-order valence-corrected chi connectivity index (χ0v) is 19.1. The Bertz CT molecular complexity index is 1110. The number of hydrogen-bond donors (Lipinski definition) is 2. The third kappa shape index (κ3) is 6.21. The van der Waals surface area contributed by atoms with Gasteiger partial charge in [-0.3, -0.25) is 14.2 Å². The van der Waals surface area contributed by atoms with Crippen LogP contribution in [0.3, 0.4) is 0 Å². The van der Waals surface area contributed by atoms with Gasteiger partial charge in [-0.1, -0.05) is 6.92 Å². The van der Waals surface area contributed by atoms with Crippen molar-refractivity contribution in [3.63, 3.8) is 0 Å². The van der Waals surface area contributed by atoms with Crippen molar-refractivity contribution in [1.29, 1.82) is 0 Å². The smallest absolute Gasteiger partial charge is 0.262 e. The van der Waals surface area contributed by atoms with Gasteiger partial charge in [-0.05, 0) is 43.3 Å². The van der Waals surface area contributed by atoms with Crippen molar-refractivity contribution >= 4 is 39.1 Å². The number of amides is 1. The summed E-state index contributed by atoms with van der Waals surface area (Å²) in [6, 6.07) is 4.79. The molecular weight excluding hydrogens is 428 g/mol. The van der Waals surface area contributed by atoms with Crippen LogP contribution in [-0.2, 0) is 21.3 Å². The number of nitrogens with zero attached hydrogens (tertiary/aromatic N) is 2. The largest absolute Gasteiger partial charge is 0.385 e. The summed E-state index contributed by atoms with van der Waals surface area (Å²) in [4.78, 5) is 28.1. The highest BCUT2D eigenvalue weighted by Crippen LogP contribution is 2.11. The number of hydrogen-bond acceptors (Lipinski definition) is 6. The third-order valence-corrected chi connectivity index (χ3v) is 6.37. The molecule has 0 aliphatic rings. The Hall–Kier alpha value is -2.08. The highest BCUT2D eigenvalue weighted by molar-refractivity contribution is 7.88. The number of H-pyrrole nitrogens is 1. The van der Waals surface area contributed by atoms with Crippen LogP contribution in [0.1, 0.15) is 30.1 Å². The molecule has 1 aromatic heterocycles.